The van der Waals surface area contributed by atoms with Crippen LogP contribution in [0.15, 0.2) is 42.5 Å². The molecule has 140 valence electrons. The highest BCUT2D eigenvalue weighted by molar-refractivity contribution is 6.31. The van der Waals surface area contributed by atoms with Crippen LogP contribution in [-0.4, -0.2) is 35.6 Å². The van der Waals surface area contributed by atoms with Crippen molar-refractivity contribution in [1.82, 2.24) is 0 Å². The molecule has 0 aliphatic carbocycles. The lowest BCUT2D eigenvalue weighted by Gasteiger charge is -2.32. The lowest BCUT2D eigenvalue weighted by Crippen LogP contribution is -2.33. The average molecular weight is 377 g/mol. The van der Waals surface area contributed by atoms with Crippen LogP contribution in [0.25, 0.3) is 0 Å². The second-order valence-corrected chi connectivity index (χ2v) is 7.07. The molecule has 26 heavy (non-hydrogen) atoms. The Morgan fingerprint density at radius 2 is 1.92 bits per heavy atom. The van der Waals surface area contributed by atoms with E-state index in [1.54, 1.807) is 0 Å². The third-order valence-corrected chi connectivity index (χ3v) is 5.02. The summed E-state index contributed by atoms with van der Waals surface area (Å²) in [6.07, 6.45) is 0.690. The molecule has 2 aromatic rings. The van der Waals surface area contributed by atoms with Crippen LogP contribution in [0, 0.1) is 0 Å². The Morgan fingerprint density at radius 1 is 1.15 bits per heavy atom. The van der Waals surface area contributed by atoms with E-state index in [1.165, 1.54) is 0 Å². The first kappa shape index (κ1) is 19.2. The van der Waals surface area contributed by atoms with E-state index >= 15 is 0 Å². The fraction of sp³-hybridized carbons (Fsp3) is 0.429. The third kappa shape index (κ3) is 4.77. The van der Waals surface area contributed by atoms with E-state index in [0.717, 1.165) is 22.4 Å². The first-order chi connectivity index (χ1) is 12.6. The van der Waals surface area contributed by atoms with Gasteiger partial charge in [0, 0.05) is 17.9 Å². The summed E-state index contributed by atoms with van der Waals surface area (Å²) < 4.78 is 11.4. The van der Waals surface area contributed by atoms with Gasteiger partial charge in [-0.1, -0.05) is 35.9 Å². The van der Waals surface area contributed by atoms with Crippen molar-refractivity contribution in [2.45, 2.75) is 44.5 Å². The van der Waals surface area contributed by atoms with Crippen molar-refractivity contribution >= 4 is 11.6 Å². The van der Waals surface area contributed by atoms with E-state index < -0.39 is 6.10 Å². The lowest BCUT2D eigenvalue weighted by atomic mass is 9.94. The van der Waals surface area contributed by atoms with Crippen LogP contribution in [0.2, 0.25) is 5.02 Å². The van der Waals surface area contributed by atoms with Crippen LogP contribution in [-0.2, 0) is 11.2 Å². The van der Waals surface area contributed by atoms with Gasteiger partial charge >= 0.3 is 0 Å². The SMILES string of the molecule is CCOc1ccc(Cc2cc(C3C[C@@H](O)C[C@@H](CO)O3)ccc2Cl)cc1. The van der Waals surface area contributed by atoms with Crippen molar-refractivity contribution in [2.75, 3.05) is 13.2 Å². The van der Waals surface area contributed by atoms with Gasteiger partial charge in [0.25, 0.3) is 0 Å². The van der Waals surface area contributed by atoms with Crippen molar-refractivity contribution < 1.29 is 19.7 Å². The van der Waals surface area contributed by atoms with Gasteiger partial charge < -0.3 is 19.7 Å². The number of hydrogen-bond acceptors (Lipinski definition) is 4. The van der Waals surface area contributed by atoms with Crippen molar-refractivity contribution in [3.63, 3.8) is 0 Å². The number of halogens is 1. The molecule has 2 aromatic carbocycles. The van der Waals surface area contributed by atoms with E-state index in [0.29, 0.717) is 30.9 Å². The number of hydrogen-bond donors (Lipinski definition) is 2. The summed E-state index contributed by atoms with van der Waals surface area (Å²) >= 11 is 6.40. The molecule has 0 saturated carbocycles. The Bertz CT molecular complexity index is 716. The Morgan fingerprint density at radius 3 is 2.62 bits per heavy atom. The van der Waals surface area contributed by atoms with Crippen molar-refractivity contribution in [3.05, 3.63) is 64.2 Å². The smallest absolute Gasteiger partial charge is 0.119 e. The number of aliphatic hydroxyl groups excluding tert-OH is 2. The second kappa shape index (κ2) is 8.87. The van der Waals surface area contributed by atoms with E-state index in [-0.39, 0.29) is 18.8 Å². The zero-order valence-electron chi connectivity index (χ0n) is 14.9. The fourth-order valence-electron chi connectivity index (χ4n) is 3.34. The highest BCUT2D eigenvalue weighted by atomic mass is 35.5. The molecule has 1 aliphatic heterocycles. The molecule has 1 aliphatic rings. The monoisotopic (exact) mass is 376 g/mol. The predicted octanol–water partition coefficient (Wildman–Crippen LogP) is 3.90. The molecule has 1 unspecified atom stereocenters. The molecule has 1 heterocycles. The lowest BCUT2D eigenvalue weighted by molar-refractivity contribution is -0.113. The highest BCUT2D eigenvalue weighted by Gasteiger charge is 2.29. The Kier molecular flexibility index (Phi) is 6.54. The molecule has 0 amide bonds. The molecule has 0 bridgehead atoms. The quantitative estimate of drug-likeness (QED) is 0.802. The van der Waals surface area contributed by atoms with E-state index in [1.807, 2.05) is 49.4 Å². The molecule has 1 fully saturated rings. The molecule has 3 rings (SSSR count). The second-order valence-electron chi connectivity index (χ2n) is 6.66. The topological polar surface area (TPSA) is 58.9 Å². The summed E-state index contributed by atoms with van der Waals surface area (Å²) in [6, 6.07) is 13.8. The number of aliphatic hydroxyl groups is 2. The molecule has 2 N–H and O–H groups in total. The van der Waals surface area contributed by atoms with E-state index in [9.17, 15) is 10.2 Å². The van der Waals surface area contributed by atoms with Crippen molar-refractivity contribution in [2.24, 2.45) is 0 Å². The summed E-state index contributed by atoms with van der Waals surface area (Å²) in [5.74, 6) is 0.857. The Balaban J connectivity index is 1.77. The van der Waals surface area contributed by atoms with Gasteiger partial charge in [0.2, 0.25) is 0 Å². The van der Waals surface area contributed by atoms with Gasteiger partial charge in [-0.3, -0.25) is 0 Å². The molecule has 0 spiro atoms. The Hall–Kier alpha value is -1.59. The zero-order chi connectivity index (χ0) is 18.5. The molecule has 5 heteroatoms. The highest BCUT2D eigenvalue weighted by Crippen LogP contribution is 2.33. The minimum Gasteiger partial charge on any atom is -0.494 e. The van der Waals surface area contributed by atoms with Gasteiger partial charge in [-0.25, -0.2) is 0 Å². The first-order valence-corrected chi connectivity index (χ1v) is 9.41. The maximum Gasteiger partial charge on any atom is 0.119 e. The Labute approximate surface area is 159 Å². The summed E-state index contributed by atoms with van der Waals surface area (Å²) in [4.78, 5) is 0. The third-order valence-electron chi connectivity index (χ3n) is 4.65. The zero-order valence-corrected chi connectivity index (χ0v) is 15.7. The van der Waals surface area contributed by atoms with Gasteiger partial charge in [-0.15, -0.1) is 0 Å². The molecule has 0 radical (unpaired) electrons. The molecule has 3 atom stereocenters. The summed E-state index contributed by atoms with van der Waals surface area (Å²) in [7, 11) is 0. The summed E-state index contributed by atoms with van der Waals surface area (Å²) in [6.45, 7) is 2.53. The van der Waals surface area contributed by atoms with Crippen molar-refractivity contribution in [3.8, 4) is 5.75 Å². The fourth-order valence-corrected chi connectivity index (χ4v) is 3.53. The summed E-state index contributed by atoms with van der Waals surface area (Å²) in [5.41, 5.74) is 3.13. The van der Waals surface area contributed by atoms with Gasteiger partial charge in [-0.05, 0) is 48.2 Å². The van der Waals surface area contributed by atoms with Crippen LogP contribution < -0.4 is 4.74 Å². The van der Waals surface area contributed by atoms with Gasteiger partial charge in [0.05, 0.1) is 31.5 Å². The minimum atomic E-state index is -0.462. The molecule has 1 saturated heterocycles. The molecular formula is C21H25ClO4. The van der Waals surface area contributed by atoms with Crippen LogP contribution in [0.4, 0.5) is 0 Å². The largest absolute Gasteiger partial charge is 0.494 e. The first-order valence-electron chi connectivity index (χ1n) is 9.03. The van der Waals surface area contributed by atoms with E-state index in [2.05, 4.69) is 0 Å². The van der Waals surface area contributed by atoms with Crippen LogP contribution in [0.5, 0.6) is 5.75 Å². The molecule has 4 nitrogen and oxygen atoms in total. The van der Waals surface area contributed by atoms with Crippen LogP contribution >= 0.6 is 11.6 Å². The standard InChI is InChI=1S/C21H25ClO4/c1-2-25-18-6-3-14(4-7-18)9-16-10-15(5-8-20(16)22)21-12-17(24)11-19(13-23)26-21/h3-8,10,17,19,21,23-24H,2,9,11-13H2,1H3/t17-,19-,21?/m0/s1. The molecule has 0 aromatic heterocycles. The van der Waals surface area contributed by atoms with E-state index in [4.69, 9.17) is 21.1 Å². The van der Waals surface area contributed by atoms with Crippen LogP contribution in [0.1, 0.15) is 42.6 Å². The maximum atomic E-state index is 10.0. The van der Waals surface area contributed by atoms with Gasteiger partial charge in [-0.2, -0.15) is 0 Å². The number of rotatable bonds is 6. The minimum absolute atomic E-state index is 0.0831. The predicted molar refractivity (Wildman–Crippen MR) is 102 cm³/mol. The van der Waals surface area contributed by atoms with Crippen molar-refractivity contribution in [1.29, 1.82) is 0 Å². The number of ether oxygens (including phenoxy) is 2. The van der Waals surface area contributed by atoms with Gasteiger partial charge in [0.15, 0.2) is 0 Å². The number of benzene rings is 2. The van der Waals surface area contributed by atoms with Crippen LogP contribution in [0.3, 0.4) is 0 Å². The maximum absolute atomic E-state index is 10.0. The normalized spacial score (nSPS) is 23.0. The summed E-state index contributed by atoms with van der Waals surface area (Å²) in [5, 5.41) is 20.1. The molecular weight excluding hydrogens is 352 g/mol. The van der Waals surface area contributed by atoms with Gasteiger partial charge in [0.1, 0.15) is 5.75 Å². The average Bonchev–Trinajstić information content (AvgIpc) is 2.64.